The predicted molar refractivity (Wildman–Crippen MR) is 166 cm³/mol. The van der Waals surface area contributed by atoms with Gasteiger partial charge < -0.3 is 103 Å². The van der Waals surface area contributed by atoms with Gasteiger partial charge in [0, 0.05) is 38.0 Å². The van der Waals surface area contributed by atoms with Crippen LogP contribution in [0.1, 0.15) is 19.3 Å². The van der Waals surface area contributed by atoms with Crippen molar-refractivity contribution in [2.75, 3.05) is 26.7 Å². The number of aliphatic hydroxyl groups excluding tert-OH is 7. The number of Topliss-reactive ketones (excluding diaryl/α,β-unsaturated/α-hetero) is 1. The quantitative estimate of drug-likeness (QED) is 0.0837. The summed E-state index contributed by atoms with van der Waals surface area (Å²) in [5, 5.41) is 88.3. The molecule has 2 unspecified atom stereocenters. The molecular formula is C29H54N6O15. The predicted octanol–water partition coefficient (Wildman–Crippen LogP) is -8.92. The van der Waals surface area contributed by atoms with Gasteiger partial charge in [-0.3, -0.25) is 4.79 Å². The minimum absolute atomic E-state index is 0.0116. The van der Waals surface area contributed by atoms with Crippen LogP contribution in [0.2, 0.25) is 0 Å². The van der Waals surface area contributed by atoms with Crippen molar-refractivity contribution in [2.45, 2.75) is 141 Å². The highest BCUT2D eigenvalue weighted by molar-refractivity contribution is 5.91. The first-order chi connectivity index (χ1) is 23.6. The summed E-state index contributed by atoms with van der Waals surface area (Å²) in [7, 11) is 1.61. The van der Waals surface area contributed by atoms with E-state index in [1.807, 2.05) is 0 Å². The Labute approximate surface area is 287 Å². The van der Waals surface area contributed by atoms with Gasteiger partial charge in [0.05, 0.1) is 24.8 Å². The van der Waals surface area contributed by atoms with Crippen molar-refractivity contribution in [3.8, 4) is 0 Å². The Kier molecular flexibility index (Phi) is 12.9. The monoisotopic (exact) mass is 726 g/mol. The maximum atomic E-state index is 13.0. The molecule has 21 atom stereocenters. The first-order valence-electron chi connectivity index (χ1n) is 16.8. The summed E-state index contributed by atoms with van der Waals surface area (Å²) in [6.45, 7) is -0.783. The van der Waals surface area contributed by atoms with Crippen molar-refractivity contribution in [3.05, 3.63) is 0 Å². The summed E-state index contributed by atoms with van der Waals surface area (Å²) in [5.74, 6) is -1.49. The van der Waals surface area contributed by atoms with E-state index >= 15 is 0 Å². The topological polar surface area (TPSA) is 376 Å². The van der Waals surface area contributed by atoms with E-state index in [1.54, 1.807) is 7.05 Å². The van der Waals surface area contributed by atoms with Gasteiger partial charge in [0.15, 0.2) is 24.7 Å². The van der Waals surface area contributed by atoms with Crippen LogP contribution in [0.5, 0.6) is 0 Å². The summed E-state index contributed by atoms with van der Waals surface area (Å²) in [6, 6.07) is -4.29. The second kappa shape index (κ2) is 16.1. The van der Waals surface area contributed by atoms with Gasteiger partial charge >= 0.3 is 0 Å². The minimum atomic E-state index is -1.73. The first-order valence-corrected chi connectivity index (χ1v) is 16.8. The van der Waals surface area contributed by atoms with Crippen molar-refractivity contribution >= 4 is 5.78 Å². The summed E-state index contributed by atoms with van der Waals surface area (Å²) < 4.78 is 35.4. The Morgan fingerprint density at radius 3 is 1.82 bits per heavy atom. The Morgan fingerprint density at radius 1 is 0.760 bits per heavy atom. The van der Waals surface area contributed by atoms with Gasteiger partial charge in [-0.1, -0.05) is 0 Å². The SMILES string of the molecule is CNC[C@H]1O[C@H](O[C@H]2[C@H](O[C@@H]3O[C@H](CO)[C@@H](O[C@H]4O[C@@H](CN)[C@@H](O)[C@H](O)[C@H]4N)[C@H]3O)[C@@H](O)[C@H](CC(=O)C3(O)CC3N)C[C@@H]2N)[C@H](N)[C@@H](O)[C@@H]1O. The molecule has 21 heteroatoms. The molecule has 0 bridgehead atoms. The molecule has 2 aliphatic carbocycles. The number of likely N-dealkylation sites (N-methyl/N-ethyl adjacent to an activating group) is 1. The molecule has 5 rings (SSSR count). The molecule has 3 saturated heterocycles. The molecule has 0 aromatic heterocycles. The van der Waals surface area contributed by atoms with Crippen LogP contribution in [-0.4, -0.2) is 195 Å². The molecule has 3 aliphatic heterocycles. The molecule has 21 nitrogen and oxygen atoms in total. The van der Waals surface area contributed by atoms with Crippen molar-refractivity contribution in [3.63, 3.8) is 0 Å². The Hall–Kier alpha value is -1.13. The minimum Gasteiger partial charge on any atom is -0.394 e. The van der Waals surface area contributed by atoms with Gasteiger partial charge in [-0.15, -0.1) is 0 Å². The van der Waals surface area contributed by atoms with Gasteiger partial charge in [-0.25, -0.2) is 0 Å². The molecule has 5 fully saturated rings. The number of carbonyl (C=O) groups is 1. The lowest BCUT2D eigenvalue weighted by Crippen LogP contribution is -2.67. The fraction of sp³-hybridized carbons (Fsp3) is 0.966. The average Bonchev–Trinajstić information content (AvgIpc) is 3.61. The highest BCUT2D eigenvalue weighted by Crippen LogP contribution is 2.41. The number of rotatable bonds is 13. The molecular weight excluding hydrogens is 672 g/mol. The zero-order chi connectivity index (χ0) is 36.8. The van der Waals surface area contributed by atoms with Gasteiger partial charge in [-0.2, -0.15) is 0 Å². The highest BCUT2D eigenvalue weighted by Gasteiger charge is 2.59. The van der Waals surface area contributed by atoms with Gasteiger partial charge in [0.25, 0.3) is 0 Å². The van der Waals surface area contributed by atoms with Gasteiger partial charge in [-0.05, 0) is 19.4 Å². The average molecular weight is 727 g/mol. The smallest absolute Gasteiger partial charge is 0.187 e. The van der Waals surface area contributed by atoms with Crippen LogP contribution in [0.25, 0.3) is 0 Å². The molecule has 0 amide bonds. The van der Waals surface area contributed by atoms with Crippen LogP contribution < -0.4 is 34.0 Å². The molecule has 0 radical (unpaired) electrons. The highest BCUT2D eigenvalue weighted by atomic mass is 16.8. The maximum absolute atomic E-state index is 13.0. The number of carbonyl (C=O) groups excluding carboxylic acids is 1. The van der Waals surface area contributed by atoms with Crippen molar-refractivity contribution in [1.29, 1.82) is 0 Å². The van der Waals surface area contributed by atoms with E-state index in [0.717, 1.165) is 0 Å². The number of hydrogen-bond acceptors (Lipinski definition) is 21. The lowest BCUT2D eigenvalue weighted by Gasteiger charge is -2.48. The zero-order valence-corrected chi connectivity index (χ0v) is 27.6. The summed E-state index contributed by atoms with van der Waals surface area (Å²) >= 11 is 0. The molecule has 5 aliphatic rings. The lowest BCUT2D eigenvalue weighted by atomic mass is 9.76. The number of ketones is 1. The van der Waals surface area contributed by atoms with Crippen LogP contribution in [0.3, 0.4) is 0 Å². The Bertz CT molecular complexity index is 1150. The van der Waals surface area contributed by atoms with E-state index < -0.39 is 140 Å². The molecule has 0 spiro atoms. The second-order valence-corrected chi connectivity index (χ2v) is 14.0. The Morgan fingerprint density at radius 2 is 1.28 bits per heavy atom. The third-order valence-corrected chi connectivity index (χ3v) is 10.5. The van der Waals surface area contributed by atoms with E-state index in [4.69, 9.17) is 57.1 Å². The van der Waals surface area contributed by atoms with E-state index in [0.29, 0.717) is 0 Å². The van der Waals surface area contributed by atoms with E-state index in [9.17, 15) is 45.6 Å². The fourth-order valence-electron chi connectivity index (χ4n) is 7.19. The van der Waals surface area contributed by atoms with Gasteiger partial charge in [0.2, 0.25) is 0 Å². The second-order valence-electron chi connectivity index (χ2n) is 14.0. The summed E-state index contributed by atoms with van der Waals surface area (Å²) in [5.41, 5.74) is 28.4. The molecule has 290 valence electrons. The number of nitrogens with one attached hydrogen (secondary N) is 1. The van der Waals surface area contributed by atoms with Crippen LogP contribution in [0.4, 0.5) is 0 Å². The third kappa shape index (κ3) is 7.74. The van der Waals surface area contributed by atoms with Crippen LogP contribution in [0.15, 0.2) is 0 Å². The van der Waals surface area contributed by atoms with Crippen molar-refractivity contribution < 1.29 is 74.1 Å². The molecule has 19 N–H and O–H groups in total. The van der Waals surface area contributed by atoms with Crippen molar-refractivity contribution in [2.24, 2.45) is 34.6 Å². The summed E-state index contributed by atoms with van der Waals surface area (Å²) in [6.07, 6.45) is -21.1. The standard InChI is InChI=1S/C29H54N6O15/c1-35-6-11-19(40)21(42)16(34)27(46-11)48-23-9(31)2-8(3-14(37)29(44)4-13(29)32)17(38)25(23)50-28-22(43)24(12(7-36)47-28)49-26-15(33)20(41)18(39)10(5-30)45-26/h8-13,15-28,35-36,38-44H,2-7,30-34H2,1H3/t8-,9-,10-,11+,12+,13?,15+,16+,17-,18+,19+,20+,21+,22+,23+,24+,25+,26+,27+,28-,29?/m0/s1. The van der Waals surface area contributed by atoms with Gasteiger partial charge in [0.1, 0.15) is 72.7 Å². The van der Waals surface area contributed by atoms with E-state index in [-0.39, 0.29) is 32.4 Å². The molecule has 0 aromatic rings. The van der Waals surface area contributed by atoms with E-state index in [1.165, 1.54) is 0 Å². The normalized spacial score (nSPS) is 52.6. The number of hydrogen-bond donors (Lipinski definition) is 14. The third-order valence-electron chi connectivity index (χ3n) is 10.5. The fourth-order valence-corrected chi connectivity index (χ4v) is 7.19. The zero-order valence-electron chi connectivity index (χ0n) is 27.6. The van der Waals surface area contributed by atoms with Crippen LogP contribution in [0, 0.1) is 5.92 Å². The van der Waals surface area contributed by atoms with Crippen LogP contribution in [-0.2, 0) is 33.2 Å². The Balaban J connectivity index is 1.37. The number of nitrogens with two attached hydrogens (primary N) is 5. The lowest BCUT2D eigenvalue weighted by molar-refractivity contribution is -0.310. The van der Waals surface area contributed by atoms with E-state index in [2.05, 4.69) is 5.32 Å². The van der Waals surface area contributed by atoms with Crippen LogP contribution >= 0.6 is 0 Å². The molecule has 0 aromatic carbocycles. The molecule has 3 heterocycles. The largest absolute Gasteiger partial charge is 0.394 e. The first kappa shape index (κ1) is 40.1. The number of aliphatic hydroxyl groups is 8. The molecule has 2 saturated carbocycles. The molecule has 50 heavy (non-hydrogen) atoms. The number of ether oxygens (including phenoxy) is 6. The van der Waals surface area contributed by atoms with Crippen molar-refractivity contribution in [1.82, 2.24) is 5.32 Å². The summed E-state index contributed by atoms with van der Waals surface area (Å²) in [4.78, 5) is 13.0. The maximum Gasteiger partial charge on any atom is 0.187 e.